The topological polar surface area (TPSA) is 35.5 Å². The van der Waals surface area contributed by atoms with Gasteiger partial charge in [-0.3, -0.25) is 0 Å². The fourth-order valence-electron chi connectivity index (χ4n) is 1.79. The van der Waals surface area contributed by atoms with Crippen LogP contribution in [0.4, 0.5) is 0 Å². The van der Waals surface area contributed by atoms with Crippen LogP contribution in [0.1, 0.15) is 6.92 Å². The smallest absolute Gasteiger partial charge is 0.346 e. The Morgan fingerprint density at radius 1 is 1.00 bits per heavy atom. The Hall–Kier alpha value is -1.81. The third kappa shape index (κ3) is 3.61. The summed E-state index contributed by atoms with van der Waals surface area (Å²) in [6.45, 7) is 1.66. The summed E-state index contributed by atoms with van der Waals surface area (Å²) in [7, 11) is 1.35. The molecular weight excluding hydrogens is 320 g/mol. The van der Waals surface area contributed by atoms with Gasteiger partial charge in [-0.05, 0) is 42.3 Å². The number of hydrogen-bond acceptors (Lipinski definition) is 3. The number of carbonyl (C=O) groups excluding carboxylic acids is 1. The summed E-state index contributed by atoms with van der Waals surface area (Å²) in [5, 5.41) is 0. The van der Waals surface area contributed by atoms with Crippen molar-refractivity contribution < 1.29 is 14.3 Å². The number of halogens is 1. The lowest BCUT2D eigenvalue weighted by atomic mass is 10.1. The molecule has 1 unspecified atom stereocenters. The van der Waals surface area contributed by atoms with Crippen molar-refractivity contribution in [3.05, 3.63) is 53.0 Å². The van der Waals surface area contributed by atoms with Gasteiger partial charge in [-0.25, -0.2) is 4.79 Å². The van der Waals surface area contributed by atoms with Gasteiger partial charge >= 0.3 is 5.97 Å². The van der Waals surface area contributed by atoms with Crippen LogP contribution in [0.2, 0.25) is 0 Å². The lowest BCUT2D eigenvalue weighted by Gasteiger charge is -2.12. The van der Waals surface area contributed by atoms with Gasteiger partial charge in [0, 0.05) is 4.47 Å². The SMILES string of the molecule is COC(=O)C(C)Oc1ccc(-c2ccc(Br)cc2)cc1. The Bertz CT molecular complexity index is 576. The summed E-state index contributed by atoms with van der Waals surface area (Å²) in [4.78, 5) is 11.3. The Morgan fingerprint density at radius 2 is 1.50 bits per heavy atom. The maximum Gasteiger partial charge on any atom is 0.346 e. The summed E-state index contributed by atoms with van der Waals surface area (Å²) in [5.41, 5.74) is 2.22. The molecule has 2 aromatic carbocycles. The number of benzene rings is 2. The summed E-state index contributed by atoms with van der Waals surface area (Å²) in [6.07, 6.45) is -0.612. The van der Waals surface area contributed by atoms with Crippen molar-refractivity contribution in [2.45, 2.75) is 13.0 Å². The minimum absolute atomic E-state index is 0.387. The van der Waals surface area contributed by atoms with E-state index < -0.39 is 6.10 Å². The highest BCUT2D eigenvalue weighted by molar-refractivity contribution is 9.10. The molecule has 3 nitrogen and oxygen atoms in total. The van der Waals surface area contributed by atoms with Crippen LogP contribution in [-0.4, -0.2) is 19.2 Å². The van der Waals surface area contributed by atoms with E-state index in [4.69, 9.17) is 4.74 Å². The fraction of sp³-hybridized carbons (Fsp3) is 0.188. The van der Waals surface area contributed by atoms with Crippen LogP contribution in [0.15, 0.2) is 53.0 Å². The summed E-state index contributed by atoms with van der Waals surface area (Å²) in [6, 6.07) is 15.7. The maximum absolute atomic E-state index is 11.3. The first-order chi connectivity index (χ1) is 9.60. The molecule has 0 spiro atoms. The average molecular weight is 335 g/mol. The van der Waals surface area contributed by atoms with Crippen LogP contribution < -0.4 is 4.74 Å². The van der Waals surface area contributed by atoms with Gasteiger partial charge in [0.1, 0.15) is 5.75 Å². The van der Waals surface area contributed by atoms with Crippen molar-refractivity contribution in [2.75, 3.05) is 7.11 Å². The first-order valence-corrected chi connectivity index (χ1v) is 7.00. The van der Waals surface area contributed by atoms with Gasteiger partial charge in [0.25, 0.3) is 0 Å². The Labute approximate surface area is 126 Å². The molecule has 0 aliphatic carbocycles. The highest BCUT2D eigenvalue weighted by Crippen LogP contribution is 2.24. The van der Waals surface area contributed by atoms with E-state index in [0.29, 0.717) is 5.75 Å². The van der Waals surface area contributed by atoms with Gasteiger partial charge in [0.05, 0.1) is 7.11 Å². The zero-order valence-corrected chi connectivity index (χ0v) is 12.9. The molecule has 0 aromatic heterocycles. The molecule has 0 fully saturated rings. The molecule has 0 aliphatic rings. The molecule has 2 rings (SSSR count). The van der Waals surface area contributed by atoms with Gasteiger partial charge in [-0.15, -0.1) is 0 Å². The van der Waals surface area contributed by atoms with Gasteiger partial charge in [-0.1, -0.05) is 40.2 Å². The Balaban J connectivity index is 2.10. The third-order valence-corrected chi connectivity index (χ3v) is 3.41. The van der Waals surface area contributed by atoms with Crippen LogP contribution in [0.25, 0.3) is 11.1 Å². The van der Waals surface area contributed by atoms with Crippen LogP contribution in [0.5, 0.6) is 5.75 Å². The number of methoxy groups -OCH3 is 1. The number of esters is 1. The minimum atomic E-state index is -0.612. The molecule has 4 heteroatoms. The van der Waals surface area contributed by atoms with Gasteiger partial charge < -0.3 is 9.47 Å². The fourth-order valence-corrected chi connectivity index (χ4v) is 2.05. The lowest BCUT2D eigenvalue weighted by molar-refractivity contribution is -0.147. The average Bonchev–Trinajstić information content (AvgIpc) is 2.48. The second-order valence-corrected chi connectivity index (χ2v) is 5.23. The van der Waals surface area contributed by atoms with E-state index in [2.05, 4.69) is 20.7 Å². The van der Waals surface area contributed by atoms with Crippen molar-refractivity contribution in [3.8, 4) is 16.9 Å². The van der Waals surface area contributed by atoms with Crippen molar-refractivity contribution in [1.29, 1.82) is 0 Å². The van der Waals surface area contributed by atoms with E-state index in [1.165, 1.54) is 7.11 Å². The van der Waals surface area contributed by atoms with Crippen molar-refractivity contribution >= 4 is 21.9 Å². The first kappa shape index (κ1) is 14.6. The van der Waals surface area contributed by atoms with Gasteiger partial charge in [0.15, 0.2) is 6.10 Å². The second kappa shape index (κ2) is 6.57. The molecule has 0 aliphatic heterocycles. The molecule has 1 atom stereocenters. The van der Waals surface area contributed by atoms with E-state index in [1.807, 2.05) is 48.5 Å². The maximum atomic E-state index is 11.3. The summed E-state index contributed by atoms with van der Waals surface area (Å²) < 4.78 is 11.2. The zero-order chi connectivity index (χ0) is 14.5. The normalized spacial score (nSPS) is 11.8. The number of rotatable bonds is 4. The molecule has 0 heterocycles. The van der Waals surface area contributed by atoms with E-state index >= 15 is 0 Å². The third-order valence-electron chi connectivity index (χ3n) is 2.88. The summed E-state index contributed by atoms with van der Waals surface area (Å²) in [5.74, 6) is 0.255. The number of carbonyl (C=O) groups is 1. The molecule has 0 saturated carbocycles. The highest BCUT2D eigenvalue weighted by atomic mass is 79.9. The highest BCUT2D eigenvalue weighted by Gasteiger charge is 2.14. The molecule has 20 heavy (non-hydrogen) atoms. The van der Waals surface area contributed by atoms with Crippen molar-refractivity contribution in [1.82, 2.24) is 0 Å². The largest absolute Gasteiger partial charge is 0.479 e. The van der Waals surface area contributed by atoms with Crippen LogP contribution in [0.3, 0.4) is 0 Å². The predicted molar refractivity (Wildman–Crippen MR) is 81.7 cm³/mol. The monoisotopic (exact) mass is 334 g/mol. The molecule has 0 amide bonds. The lowest BCUT2D eigenvalue weighted by Crippen LogP contribution is -2.24. The molecule has 104 valence electrons. The van der Waals surface area contributed by atoms with E-state index in [-0.39, 0.29) is 5.97 Å². The van der Waals surface area contributed by atoms with Gasteiger partial charge in [-0.2, -0.15) is 0 Å². The standard InChI is InChI=1S/C16H15BrO3/c1-11(16(18)19-2)20-15-9-5-13(6-10-15)12-3-7-14(17)8-4-12/h3-11H,1-2H3. The zero-order valence-electron chi connectivity index (χ0n) is 11.3. The van der Waals surface area contributed by atoms with E-state index in [1.54, 1.807) is 6.92 Å². The Morgan fingerprint density at radius 3 is 2.00 bits per heavy atom. The van der Waals surface area contributed by atoms with E-state index in [9.17, 15) is 4.79 Å². The molecule has 2 aromatic rings. The molecule has 0 bridgehead atoms. The molecule has 0 N–H and O–H groups in total. The Kier molecular flexibility index (Phi) is 4.79. The van der Waals surface area contributed by atoms with E-state index in [0.717, 1.165) is 15.6 Å². The minimum Gasteiger partial charge on any atom is -0.479 e. The molecule has 0 radical (unpaired) electrons. The quantitative estimate of drug-likeness (QED) is 0.791. The van der Waals surface area contributed by atoms with Crippen molar-refractivity contribution in [2.24, 2.45) is 0 Å². The van der Waals surface area contributed by atoms with Crippen LogP contribution in [-0.2, 0) is 9.53 Å². The number of ether oxygens (including phenoxy) is 2. The second-order valence-electron chi connectivity index (χ2n) is 4.31. The van der Waals surface area contributed by atoms with Gasteiger partial charge in [0.2, 0.25) is 0 Å². The van der Waals surface area contributed by atoms with Crippen LogP contribution >= 0.6 is 15.9 Å². The first-order valence-electron chi connectivity index (χ1n) is 6.20. The van der Waals surface area contributed by atoms with Crippen molar-refractivity contribution in [3.63, 3.8) is 0 Å². The summed E-state index contributed by atoms with van der Waals surface area (Å²) >= 11 is 3.41. The molecule has 0 saturated heterocycles. The van der Waals surface area contributed by atoms with Crippen LogP contribution in [0, 0.1) is 0 Å². The predicted octanol–water partition coefficient (Wildman–Crippen LogP) is 4.06. The molecular formula is C16H15BrO3. The number of hydrogen-bond donors (Lipinski definition) is 0.